The van der Waals surface area contributed by atoms with E-state index < -0.39 is 0 Å². The molecule has 0 spiro atoms. The molecule has 0 unspecified atom stereocenters. The molecular weight excluding hydrogens is 266 g/mol. The number of aromatic nitrogens is 4. The third kappa shape index (κ3) is 3.22. The summed E-state index contributed by atoms with van der Waals surface area (Å²) in [6.45, 7) is 0. The van der Waals surface area contributed by atoms with Crippen LogP contribution in [0.2, 0.25) is 0 Å². The standard InChI is InChI=1S/C11H13N5O2S/c1-12-10(17)7-19-11-13-14-15-16(11)8-4-3-5-9(6-8)18-2/h3-6H,7H2,1-2H3,(H,12,17). The van der Waals surface area contributed by atoms with Crippen molar-refractivity contribution < 1.29 is 9.53 Å². The molecule has 100 valence electrons. The van der Waals surface area contributed by atoms with Gasteiger partial charge in [0.25, 0.3) is 0 Å². The van der Waals surface area contributed by atoms with E-state index in [1.807, 2.05) is 24.3 Å². The first-order chi connectivity index (χ1) is 9.24. The zero-order valence-electron chi connectivity index (χ0n) is 10.5. The number of hydrogen-bond acceptors (Lipinski definition) is 6. The van der Waals surface area contributed by atoms with Crippen LogP contribution < -0.4 is 10.1 Å². The largest absolute Gasteiger partial charge is 0.497 e. The molecule has 1 aromatic carbocycles. The lowest BCUT2D eigenvalue weighted by atomic mass is 10.3. The number of tetrazole rings is 1. The molecule has 0 saturated heterocycles. The maximum Gasteiger partial charge on any atom is 0.230 e. The zero-order chi connectivity index (χ0) is 13.7. The maximum atomic E-state index is 11.2. The highest BCUT2D eigenvalue weighted by molar-refractivity contribution is 7.99. The lowest BCUT2D eigenvalue weighted by molar-refractivity contribution is -0.118. The van der Waals surface area contributed by atoms with Crippen molar-refractivity contribution >= 4 is 17.7 Å². The minimum absolute atomic E-state index is 0.0785. The number of hydrogen-bond donors (Lipinski definition) is 1. The topological polar surface area (TPSA) is 81.9 Å². The second-order valence-electron chi connectivity index (χ2n) is 3.54. The van der Waals surface area contributed by atoms with Gasteiger partial charge in [-0.3, -0.25) is 4.79 Å². The molecule has 1 heterocycles. The molecule has 1 amide bonds. The summed E-state index contributed by atoms with van der Waals surface area (Å²) in [7, 11) is 3.19. The van der Waals surface area contributed by atoms with Gasteiger partial charge in [-0.25, -0.2) is 0 Å². The van der Waals surface area contributed by atoms with Crippen LogP contribution in [-0.2, 0) is 4.79 Å². The number of nitrogens with one attached hydrogen (secondary N) is 1. The monoisotopic (exact) mass is 279 g/mol. The molecule has 0 aliphatic rings. The van der Waals surface area contributed by atoms with Gasteiger partial charge in [0.1, 0.15) is 5.75 Å². The molecule has 1 N–H and O–H groups in total. The number of rotatable bonds is 5. The van der Waals surface area contributed by atoms with Crippen molar-refractivity contribution in [2.45, 2.75) is 5.16 Å². The van der Waals surface area contributed by atoms with Crippen LogP contribution >= 0.6 is 11.8 Å². The molecule has 1 aromatic heterocycles. The molecule has 19 heavy (non-hydrogen) atoms. The Bertz CT molecular complexity index is 572. The van der Waals surface area contributed by atoms with Gasteiger partial charge >= 0.3 is 0 Å². The van der Waals surface area contributed by atoms with Crippen LogP contribution in [0.15, 0.2) is 29.4 Å². The van der Waals surface area contributed by atoms with E-state index in [0.29, 0.717) is 5.16 Å². The Hall–Kier alpha value is -2.09. The lowest BCUT2D eigenvalue weighted by Gasteiger charge is -2.05. The summed E-state index contributed by atoms with van der Waals surface area (Å²) in [5.41, 5.74) is 0.781. The normalized spacial score (nSPS) is 10.2. The molecule has 2 rings (SSSR count). The highest BCUT2D eigenvalue weighted by Crippen LogP contribution is 2.20. The molecule has 0 saturated carbocycles. The van der Waals surface area contributed by atoms with Gasteiger partial charge in [0.05, 0.1) is 18.6 Å². The average molecular weight is 279 g/mol. The minimum Gasteiger partial charge on any atom is -0.497 e. The second-order valence-corrected chi connectivity index (χ2v) is 4.48. The van der Waals surface area contributed by atoms with E-state index in [0.717, 1.165) is 11.4 Å². The quantitative estimate of drug-likeness (QED) is 0.803. The molecule has 0 aliphatic carbocycles. The van der Waals surface area contributed by atoms with Gasteiger partial charge in [-0.2, -0.15) is 4.68 Å². The molecular formula is C11H13N5O2S. The van der Waals surface area contributed by atoms with E-state index in [-0.39, 0.29) is 11.7 Å². The van der Waals surface area contributed by atoms with E-state index in [1.165, 1.54) is 11.8 Å². The second kappa shape index (κ2) is 6.19. The smallest absolute Gasteiger partial charge is 0.230 e. The molecule has 8 heteroatoms. The third-order valence-corrected chi connectivity index (χ3v) is 3.27. The zero-order valence-corrected chi connectivity index (χ0v) is 11.3. The van der Waals surface area contributed by atoms with E-state index in [2.05, 4.69) is 20.8 Å². The van der Waals surface area contributed by atoms with Crippen molar-refractivity contribution in [1.29, 1.82) is 0 Å². The van der Waals surface area contributed by atoms with Crippen LogP contribution in [0.5, 0.6) is 5.75 Å². The number of methoxy groups -OCH3 is 1. The minimum atomic E-state index is -0.0785. The molecule has 0 bridgehead atoms. The van der Waals surface area contributed by atoms with Crippen LogP contribution in [0.3, 0.4) is 0 Å². The van der Waals surface area contributed by atoms with Crippen LogP contribution in [-0.4, -0.2) is 46.0 Å². The summed E-state index contributed by atoms with van der Waals surface area (Å²) in [4.78, 5) is 11.2. The van der Waals surface area contributed by atoms with Crippen molar-refractivity contribution in [3.63, 3.8) is 0 Å². The Morgan fingerprint density at radius 3 is 3.11 bits per heavy atom. The Kier molecular flexibility index (Phi) is 4.35. The van der Waals surface area contributed by atoms with Gasteiger partial charge in [-0.05, 0) is 22.6 Å². The summed E-state index contributed by atoms with van der Waals surface area (Å²) in [5.74, 6) is 0.904. The number of carbonyl (C=O) groups excluding carboxylic acids is 1. The Labute approximate surface area is 114 Å². The van der Waals surface area contributed by atoms with Crippen LogP contribution in [0.1, 0.15) is 0 Å². The number of benzene rings is 1. The van der Waals surface area contributed by atoms with Gasteiger partial charge in [0.2, 0.25) is 11.1 Å². The SMILES string of the molecule is CNC(=O)CSc1nnnn1-c1cccc(OC)c1. The van der Waals surface area contributed by atoms with Crippen molar-refractivity contribution in [3.8, 4) is 11.4 Å². The fraction of sp³-hybridized carbons (Fsp3) is 0.273. The van der Waals surface area contributed by atoms with Crippen LogP contribution in [0.4, 0.5) is 0 Å². The summed E-state index contributed by atoms with van der Waals surface area (Å²) >= 11 is 1.27. The van der Waals surface area contributed by atoms with Crippen LogP contribution in [0.25, 0.3) is 5.69 Å². The summed E-state index contributed by atoms with van der Waals surface area (Å²) in [6, 6.07) is 7.37. The molecule has 0 radical (unpaired) electrons. The van der Waals surface area contributed by atoms with Crippen molar-refractivity contribution in [2.24, 2.45) is 0 Å². The Morgan fingerprint density at radius 1 is 1.53 bits per heavy atom. The van der Waals surface area contributed by atoms with Gasteiger partial charge < -0.3 is 10.1 Å². The van der Waals surface area contributed by atoms with Gasteiger partial charge in [0, 0.05) is 13.1 Å². The Balaban J connectivity index is 2.20. The Morgan fingerprint density at radius 2 is 2.37 bits per heavy atom. The van der Waals surface area contributed by atoms with Crippen LogP contribution in [0, 0.1) is 0 Å². The van der Waals surface area contributed by atoms with Crippen molar-refractivity contribution in [2.75, 3.05) is 19.9 Å². The molecule has 0 fully saturated rings. The third-order valence-electron chi connectivity index (χ3n) is 2.35. The number of nitrogens with zero attached hydrogens (tertiary/aromatic N) is 4. The highest BCUT2D eigenvalue weighted by Gasteiger charge is 2.11. The maximum absolute atomic E-state index is 11.2. The lowest BCUT2D eigenvalue weighted by Crippen LogP contribution is -2.20. The van der Waals surface area contributed by atoms with Crippen molar-refractivity contribution in [3.05, 3.63) is 24.3 Å². The molecule has 7 nitrogen and oxygen atoms in total. The first kappa shape index (κ1) is 13.3. The number of ether oxygens (including phenoxy) is 1. The van der Waals surface area contributed by atoms with E-state index in [1.54, 1.807) is 18.8 Å². The fourth-order valence-corrected chi connectivity index (χ4v) is 2.14. The average Bonchev–Trinajstić information content (AvgIpc) is 2.93. The predicted molar refractivity (Wildman–Crippen MR) is 70.5 cm³/mol. The number of carbonyl (C=O) groups is 1. The van der Waals surface area contributed by atoms with E-state index in [4.69, 9.17) is 4.74 Å². The first-order valence-electron chi connectivity index (χ1n) is 5.51. The number of amides is 1. The predicted octanol–water partition coefficient (Wildman–Crippen LogP) is 0.509. The van der Waals surface area contributed by atoms with E-state index in [9.17, 15) is 4.79 Å². The van der Waals surface area contributed by atoms with Crippen molar-refractivity contribution in [1.82, 2.24) is 25.5 Å². The molecule has 0 atom stereocenters. The fourth-order valence-electron chi connectivity index (χ4n) is 1.38. The highest BCUT2D eigenvalue weighted by atomic mass is 32.2. The summed E-state index contributed by atoms with van der Waals surface area (Å²) in [6.07, 6.45) is 0. The summed E-state index contributed by atoms with van der Waals surface area (Å²) in [5, 5.41) is 14.5. The van der Waals surface area contributed by atoms with Gasteiger partial charge in [-0.15, -0.1) is 5.10 Å². The first-order valence-corrected chi connectivity index (χ1v) is 6.49. The number of thioether (sulfide) groups is 1. The summed E-state index contributed by atoms with van der Waals surface area (Å²) < 4.78 is 6.72. The molecule has 2 aromatic rings. The molecule has 0 aliphatic heterocycles. The van der Waals surface area contributed by atoms with E-state index >= 15 is 0 Å². The van der Waals surface area contributed by atoms with Gasteiger partial charge in [-0.1, -0.05) is 17.8 Å². The van der Waals surface area contributed by atoms with Gasteiger partial charge in [0.15, 0.2) is 0 Å².